The molecule has 0 atom stereocenters. The van der Waals surface area contributed by atoms with Crippen molar-refractivity contribution in [3.05, 3.63) is 35.4 Å². The zero-order valence-corrected chi connectivity index (χ0v) is 13.4. The monoisotopic (exact) mass is 330 g/mol. The molecule has 0 radical (unpaired) electrons. The molecule has 0 spiro atoms. The molecule has 0 aliphatic heterocycles. The van der Waals surface area contributed by atoms with Gasteiger partial charge in [-0.15, -0.1) is 0 Å². The van der Waals surface area contributed by atoms with Crippen LogP contribution in [0.4, 0.5) is 18.0 Å². The van der Waals surface area contributed by atoms with Crippen LogP contribution in [0.1, 0.15) is 38.3 Å². The first-order valence-electron chi connectivity index (χ1n) is 7.22. The molecule has 23 heavy (non-hydrogen) atoms. The van der Waals surface area contributed by atoms with Gasteiger partial charge in [0, 0.05) is 19.3 Å². The summed E-state index contributed by atoms with van der Waals surface area (Å²) in [6.45, 7) is 6.21. The second-order valence-corrected chi connectivity index (χ2v) is 5.94. The Balaban J connectivity index is 2.28. The van der Waals surface area contributed by atoms with Crippen molar-refractivity contribution in [2.24, 2.45) is 4.99 Å². The number of aliphatic imine (C=N–C) groups is 1. The third-order valence-corrected chi connectivity index (χ3v) is 2.61. The van der Waals surface area contributed by atoms with Gasteiger partial charge in [-0.05, 0) is 44.9 Å². The highest BCUT2D eigenvalue weighted by Crippen LogP contribution is 2.28. The van der Waals surface area contributed by atoms with E-state index in [1.807, 2.05) is 0 Å². The average Bonchev–Trinajstić information content (AvgIpc) is 2.40. The summed E-state index contributed by atoms with van der Waals surface area (Å²) in [6, 6.07) is 4.77. The van der Waals surface area contributed by atoms with Gasteiger partial charge in [0.2, 0.25) is 0 Å². The van der Waals surface area contributed by atoms with Crippen molar-refractivity contribution < 1.29 is 22.7 Å². The predicted molar refractivity (Wildman–Crippen MR) is 82.8 cm³/mol. The maximum atomic E-state index is 12.4. The highest BCUT2D eigenvalue weighted by atomic mass is 19.4. The van der Waals surface area contributed by atoms with Crippen LogP contribution in [0.3, 0.4) is 0 Å². The van der Waals surface area contributed by atoms with E-state index < -0.39 is 23.4 Å². The minimum atomic E-state index is -4.33. The number of amides is 1. The summed E-state index contributed by atoms with van der Waals surface area (Å²) in [6.07, 6.45) is -2.70. The summed E-state index contributed by atoms with van der Waals surface area (Å²) in [5.41, 5.74) is -0.625. The number of carbonyl (C=O) groups is 1. The molecule has 1 rings (SSSR count). The largest absolute Gasteiger partial charge is 0.444 e. The molecule has 0 heterocycles. The van der Waals surface area contributed by atoms with Crippen LogP contribution in [-0.2, 0) is 10.9 Å². The fourth-order valence-corrected chi connectivity index (χ4v) is 1.60. The van der Waals surface area contributed by atoms with Gasteiger partial charge in [0.1, 0.15) is 5.60 Å². The van der Waals surface area contributed by atoms with Gasteiger partial charge in [-0.3, -0.25) is 4.99 Å². The molecule has 128 valence electrons. The fraction of sp³-hybridized carbons (Fsp3) is 0.500. The number of alkyl halides is 3. The molecule has 1 aromatic rings. The van der Waals surface area contributed by atoms with E-state index in [1.54, 1.807) is 20.8 Å². The Bertz CT molecular complexity index is 532. The number of halogens is 3. The van der Waals surface area contributed by atoms with Gasteiger partial charge in [-0.2, -0.15) is 13.2 Å². The van der Waals surface area contributed by atoms with Crippen molar-refractivity contribution in [1.29, 1.82) is 0 Å². The van der Waals surface area contributed by atoms with Gasteiger partial charge in [0.15, 0.2) is 0 Å². The highest BCUT2D eigenvalue weighted by Gasteiger charge is 2.29. The van der Waals surface area contributed by atoms with Crippen molar-refractivity contribution >= 4 is 12.3 Å². The van der Waals surface area contributed by atoms with Gasteiger partial charge in [-0.25, -0.2) is 4.79 Å². The number of hydrogen-bond acceptors (Lipinski definition) is 3. The fourth-order valence-electron chi connectivity index (χ4n) is 1.60. The van der Waals surface area contributed by atoms with Crippen molar-refractivity contribution in [2.45, 2.75) is 39.0 Å². The van der Waals surface area contributed by atoms with Crippen LogP contribution in [0.25, 0.3) is 0 Å². The first-order chi connectivity index (χ1) is 10.6. The average molecular weight is 330 g/mol. The lowest BCUT2D eigenvalue weighted by Crippen LogP contribution is -2.33. The van der Waals surface area contributed by atoms with Crippen molar-refractivity contribution in [3.63, 3.8) is 0 Å². The smallest absolute Gasteiger partial charge is 0.416 e. The molecule has 0 aliphatic rings. The normalized spacial score (nSPS) is 12.4. The molecule has 0 saturated carbocycles. The number of rotatable bonds is 5. The maximum absolute atomic E-state index is 12.4. The Morgan fingerprint density at radius 1 is 1.22 bits per heavy atom. The molecular formula is C16H21F3N2O2. The summed E-state index contributed by atoms with van der Waals surface area (Å²) in [5, 5.41) is 2.60. The van der Waals surface area contributed by atoms with Gasteiger partial charge in [0.05, 0.1) is 5.56 Å². The van der Waals surface area contributed by atoms with Gasteiger partial charge >= 0.3 is 12.3 Å². The molecular weight excluding hydrogens is 309 g/mol. The molecule has 1 aromatic carbocycles. The topological polar surface area (TPSA) is 50.7 Å². The quantitative estimate of drug-likeness (QED) is 0.654. The number of ether oxygens (including phenoxy) is 1. The van der Waals surface area contributed by atoms with Crippen molar-refractivity contribution in [2.75, 3.05) is 13.1 Å². The molecule has 7 heteroatoms. The molecule has 0 unspecified atom stereocenters. The Hall–Kier alpha value is -2.05. The first kappa shape index (κ1) is 19.0. The van der Waals surface area contributed by atoms with E-state index >= 15 is 0 Å². The molecule has 0 saturated heterocycles. The van der Waals surface area contributed by atoms with Crippen LogP contribution in [0.2, 0.25) is 0 Å². The molecule has 0 bridgehead atoms. The Kier molecular flexibility index (Phi) is 6.60. The zero-order chi connectivity index (χ0) is 17.5. The summed E-state index contributed by atoms with van der Waals surface area (Å²) < 4.78 is 42.3. The Morgan fingerprint density at radius 2 is 1.83 bits per heavy atom. The van der Waals surface area contributed by atoms with Crippen LogP contribution in [-0.4, -0.2) is 31.0 Å². The Morgan fingerprint density at radius 3 is 2.35 bits per heavy atom. The lowest BCUT2D eigenvalue weighted by Gasteiger charge is -2.19. The summed E-state index contributed by atoms with van der Waals surface area (Å²) in [7, 11) is 0. The van der Waals surface area contributed by atoms with Crippen LogP contribution < -0.4 is 5.32 Å². The molecule has 1 N–H and O–H groups in total. The minimum Gasteiger partial charge on any atom is -0.444 e. The lowest BCUT2D eigenvalue weighted by molar-refractivity contribution is -0.137. The van der Waals surface area contributed by atoms with E-state index in [1.165, 1.54) is 18.3 Å². The summed E-state index contributed by atoms with van der Waals surface area (Å²) in [5.74, 6) is 0. The molecule has 0 aromatic heterocycles. The summed E-state index contributed by atoms with van der Waals surface area (Å²) in [4.78, 5) is 15.5. The van der Waals surface area contributed by atoms with E-state index in [2.05, 4.69) is 10.3 Å². The second kappa shape index (κ2) is 7.99. The van der Waals surface area contributed by atoms with Gasteiger partial charge in [0.25, 0.3) is 0 Å². The lowest BCUT2D eigenvalue weighted by atomic mass is 10.1. The number of alkyl carbamates (subject to hydrolysis) is 1. The number of benzene rings is 1. The number of nitrogens with one attached hydrogen (secondary N) is 1. The molecule has 4 nitrogen and oxygen atoms in total. The van der Waals surface area contributed by atoms with Crippen LogP contribution in [0, 0.1) is 0 Å². The van der Waals surface area contributed by atoms with Crippen LogP contribution in [0.15, 0.2) is 29.3 Å². The number of carbonyl (C=O) groups excluding carboxylic acids is 1. The number of hydrogen-bond donors (Lipinski definition) is 1. The third-order valence-electron chi connectivity index (χ3n) is 2.61. The van der Waals surface area contributed by atoms with Gasteiger partial charge < -0.3 is 10.1 Å². The highest BCUT2D eigenvalue weighted by molar-refractivity contribution is 5.79. The Labute approximate surface area is 133 Å². The van der Waals surface area contributed by atoms with Gasteiger partial charge in [-0.1, -0.05) is 12.1 Å². The van der Waals surface area contributed by atoms with E-state index in [0.717, 1.165) is 12.1 Å². The van der Waals surface area contributed by atoms with E-state index in [4.69, 9.17) is 4.74 Å². The predicted octanol–water partition coefficient (Wildman–Crippen LogP) is 4.04. The first-order valence-corrected chi connectivity index (χ1v) is 7.22. The number of nitrogens with zero attached hydrogens (tertiary/aromatic N) is 1. The SMILES string of the molecule is CC(C)(C)OC(=O)NCCCN=Cc1ccc(C(F)(F)F)cc1. The molecule has 0 fully saturated rings. The molecule has 1 amide bonds. The maximum Gasteiger partial charge on any atom is 0.416 e. The molecule has 0 aliphatic carbocycles. The standard InChI is InChI=1S/C16H21F3N2O2/c1-15(2,3)23-14(22)21-10-4-9-20-11-12-5-7-13(8-6-12)16(17,18)19/h5-8,11H,4,9-10H2,1-3H3,(H,21,22). The second-order valence-electron chi connectivity index (χ2n) is 5.94. The van der Waals surface area contributed by atoms with E-state index in [0.29, 0.717) is 25.1 Å². The van der Waals surface area contributed by atoms with E-state index in [-0.39, 0.29) is 0 Å². The van der Waals surface area contributed by atoms with Crippen molar-refractivity contribution in [3.8, 4) is 0 Å². The van der Waals surface area contributed by atoms with Crippen LogP contribution >= 0.6 is 0 Å². The third kappa shape index (κ3) is 8.23. The zero-order valence-electron chi connectivity index (χ0n) is 13.4. The summed E-state index contributed by atoms with van der Waals surface area (Å²) >= 11 is 0. The van der Waals surface area contributed by atoms with E-state index in [9.17, 15) is 18.0 Å². The van der Waals surface area contributed by atoms with Crippen molar-refractivity contribution in [1.82, 2.24) is 5.32 Å². The van der Waals surface area contributed by atoms with Crippen LogP contribution in [0.5, 0.6) is 0 Å². The minimum absolute atomic E-state index is 0.416.